The Balaban J connectivity index is 1.80. The van der Waals surface area contributed by atoms with Gasteiger partial charge in [0.1, 0.15) is 18.2 Å². The molecule has 0 aliphatic carbocycles. The molecule has 3 rings (SSSR count). The van der Waals surface area contributed by atoms with Gasteiger partial charge in [-0.1, -0.05) is 18.2 Å². The van der Waals surface area contributed by atoms with Gasteiger partial charge in [-0.15, -0.1) is 0 Å². The first-order chi connectivity index (χ1) is 10.1. The molecule has 0 saturated heterocycles. The molecular formula is C16H16N2O3. The fourth-order valence-electron chi connectivity index (χ4n) is 2.24. The normalized spacial score (nSPS) is 12.2. The van der Waals surface area contributed by atoms with Crippen LogP contribution in [0, 0.1) is 12.3 Å². The van der Waals surface area contributed by atoms with E-state index < -0.39 is 0 Å². The van der Waals surface area contributed by atoms with E-state index in [4.69, 9.17) is 25.4 Å². The summed E-state index contributed by atoms with van der Waals surface area (Å²) in [6, 6.07) is 11.3. The second-order valence-electron chi connectivity index (χ2n) is 4.84. The quantitative estimate of drug-likeness (QED) is 0.668. The number of hydrogen-bond donors (Lipinski definition) is 2. The van der Waals surface area contributed by atoms with Gasteiger partial charge in [0.15, 0.2) is 11.5 Å². The molecule has 0 bridgehead atoms. The van der Waals surface area contributed by atoms with Gasteiger partial charge in [-0.2, -0.15) is 0 Å². The minimum Gasteiger partial charge on any atom is -0.488 e. The molecule has 2 aromatic rings. The Morgan fingerprint density at radius 1 is 1.24 bits per heavy atom. The Hall–Kier alpha value is -2.69. The largest absolute Gasteiger partial charge is 0.488 e. The van der Waals surface area contributed by atoms with Crippen molar-refractivity contribution in [3.8, 4) is 17.2 Å². The lowest BCUT2D eigenvalue weighted by Crippen LogP contribution is -2.13. The van der Waals surface area contributed by atoms with Crippen LogP contribution >= 0.6 is 0 Å². The molecule has 0 saturated carbocycles. The molecule has 0 fully saturated rings. The summed E-state index contributed by atoms with van der Waals surface area (Å²) in [5.41, 5.74) is 8.12. The van der Waals surface area contributed by atoms with Crippen LogP contribution in [0.1, 0.15) is 16.7 Å². The van der Waals surface area contributed by atoms with Gasteiger partial charge in [-0.25, -0.2) is 0 Å². The zero-order valence-electron chi connectivity index (χ0n) is 11.7. The molecule has 0 spiro atoms. The zero-order valence-corrected chi connectivity index (χ0v) is 11.7. The van der Waals surface area contributed by atoms with E-state index in [-0.39, 0.29) is 12.6 Å². The highest BCUT2D eigenvalue weighted by Gasteiger charge is 2.14. The van der Waals surface area contributed by atoms with E-state index in [0.717, 1.165) is 22.6 Å². The summed E-state index contributed by atoms with van der Waals surface area (Å²) >= 11 is 0. The van der Waals surface area contributed by atoms with Crippen LogP contribution in [0.4, 0.5) is 0 Å². The Morgan fingerprint density at radius 3 is 2.86 bits per heavy atom. The number of hydrogen-bond acceptors (Lipinski definition) is 4. The Morgan fingerprint density at radius 2 is 2.05 bits per heavy atom. The Labute approximate surface area is 122 Å². The van der Waals surface area contributed by atoms with Gasteiger partial charge >= 0.3 is 0 Å². The lowest BCUT2D eigenvalue weighted by atomic mass is 10.1. The maximum Gasteiger partial charge on any atom is 0.231 e. The first-order valence-electron chi connectivity index (χ1n) is 6.60. The highest BCUT2D eigenvalue weighted by Crippen LogP contribution is 2.33. The van der Waals surface area contributed by atoms with Gasteiger partial charge in [0.05, 0.1) is 5.56 Å². The SMILES string of the molecule is Cc1cccc(C(=N)N)c1OCc1ccc2c(c1)OCO2. The highest BCUT2D eigenvalue weighted by atomic mass is 16.7. The molecule has 0 aromatic heterocycles. The Kier molecular flexibility index (Phi) is 3.39. The third-order valence-corrected chi connectivity index (χ3v) is 3.32. The van der Waals surface area contributed by atoms with E-state index in [1.165, 1.54) is 0 Å². The predicted octanol–water partition coefficient (Wildman–Crippen LogP) is 2.59. The summed E-state index contributed by atoms with van der Waals surface area (Å²) in [5, 5.41) is 7.62. The Bertz CT molecular complexity index is 698. The van der Waals surface area contributed by atoms with Crippen LogP contribution in [0.3, 0.4) is 0 Å². The lowest BCUT2D eigenvalue weighted by molar-refractivity contribution is 0.174. The molecule has 1 heterocycles. The molecule has 0 radical (unpaired) electrons. The summed E-state index contributed by atoms with van der Waals surface area (Å²) in [4.78, 5) is 0. The number of nitrogens with one attached hydrogen (secondary N) is 1. The van der Waals surface area contributed by atoms with Crippen LogP contribution in [0.2, 0.25) is 0 Å². The van der Waals surface area contributed by atoms with Crippen LogP contribution in [-0.4, -0.2) is 12.6 Å². The second-order valence-corrected chi connectivity index (χ2v) is 4.84. The van der Waals surface area contributed by atoms with Gasteiger partial charge in [0, 0.05) is 0 Å². The number of nitrogens with two attached hydrogens (primary N) is 1. The van der Waals surface area contributed by atoms with Crippen molar-refractivity contribution in [1.29, 1.82) is 5.41 Å². The van der Waals surface area contributed by atoms with Crippen molar-refractivity contribution in [2.75, 3.05) is 6.79 Å². The predicted molar refractivity (Wildman–Crippen MR) is 79.1 cm³/mol. The van der Waals surface area contributed by atoms with Crippen molar-refractivity contribution < 1.29 is 14.2 Å². The average molecular weight is 284 g/mol. The zero-order chi connectivity index (χ0) is 14.8. The van der Waals surface area contributed by atoms with Gasteiger partial charge in [0.25, 0.3) is 0 Å². The maximum atomic E-state index is 7.62. The lowest BCUT2D eigenvalue weighted by Gasteiger charge is -2.13. The van der Waals surface area contributed by atoms with Crippen LogP contribution in [0.5, 0.6) is 17.2 Å². The summed E-state index contributed by atoms with van der Waals surface area (Å²) < 4.78 is 16.5. The van der Waals surface area contributed by atoms with Gasteiger partial charge in [0.2, 0.25) is 6.79 Å². The van der Waals surface area contributed by atoms with E-state index in [9.17, 15) is 0 Å². The summed E-state index contributed by atoms with van der Waals surface area (Å²) in [6.45, 7) is 2.56. The molecule has 21 heavy (non-hydrogen) atoms. The molecule has 5 nitrogen and oxygen atoms in total. The molecule has 5 heteroatoms. The monoisotopic (exact) mass is 284 g/mol. The van der Waals surface area contributed by atoms with E-state index in [0.29, 0.717) is 17.9 Å². The molecule has 0 amide bonds. The van der Waals surface area contributed by atoms with Crippen molar-refractivity contribution in [2.24, 2.45) is 5.73 Å². The molecule has 3 N–H and O–H groups in total. The second kappa shape index (κ2) is 5.36. The number of benzene rings is 2. The van der Waals surface area contributed by atoms with Gasteiger partial charge < -0.3 is 19.9 Å². The number of rotatable bonds is 4. The number of ether oxygens (including phenoxy) is 3. The van der Waals surface area contributed by atoms with E-state index >= 15 is 0 Å². The number of nitrogen functional groups attached to an aromatic ring is 1. The number of amidine groups is 1. The summed E-state index contributed by atoms with van der Waals surface area (Å²) in [7, 11) is 0. The minimum atomic E-state index is -0.000568. The van der Waals surface area contributed by atoms with Crippen molar-refractivity contribution in [1.82, 2.24) is 0 Å². The molecule has 1 aliphatic rings. The third-order valence-electron chi connectivity index (χ3n) is 3.32. The van der Waals surface area contributed by atoms with Gasteiger partial charge in [-0.3, -0.25) is 5.41 Å². The first-order valence-corrected chi connectivity index (χ1v) is 6.60. The fraction of sp³-hybridized carbons (Fsp3) is 0.188. The molecule has 0 unspecified atom stereocenters. The van der Waals surface area contributed by atoms with Crippen molar-refractivity contribution in [3.05, 3.63) is 53.1 Å². The molecule has 2 aromatic carbocycles. The van der Waals surface area contributed by atoms with Gasteiger partial charge in [-0.05, 0) is 36.2 Å². The van der Waals surface area contributed by atoms with Crippen LogP contribution in [0.25, 0.3) is 0 Å². The van der Waals surface area contributed by atoms with Crippen molar-refractivity contribution in [3.63, 3.8) is 0 Å². The van der Waals surface area contributed by atoms with Crippen LogP contribution in [0.15, 0.2) is 36.4 Å². The standard InChI is InChI=1S/C16H16N2O3/c1-10-3-2-4-12(16(17)18)15(10)19-8-11-5-6-13-14(7-11)21-9-20-13/h2-7H,8-9H2,1H3,(H3,17,18). The van der Waals surface area contributed by atoms with E-state index in [1.807, 2.05) is 37.3 Å². The van der Waals surface area contributed by atoms with Crippen LogP contribution in [-0.2, 0) is 6.61 Å². The van der Waals surface area contributed by atoms with Crippen LogP contribution < -0.4 is 19.9 Å². The van der Waals surface area contributed by atoms with E-state index in [1.54, 1.807) is 6.07 Å². The minimum absolute atomic E-state index is 0.000568. The average Bonchev–Trinajstić information content (AvgIpc) is 2.93. The summed E-state index contributed by atoms with van der Waals surface area (Å²) in [5.74, 6) is 2.12. The topological polar surface area (TPSA) is 77.6 Å². The molecule has 0 atom stereocenters. The number of fused-ring (bicyclic) bond motifs is 1. The van der Waals surface area contributed by atoms with Crippen molar-refractivity contribution in [2.45, 2.75) is 13.5 Å². The molecular weight excluding hydrogens is 268 g/mol. The number of aryl methyl sites for hydroxylation is 1. The maximum absolute atomic E-state index is 7.62. The van der Waals surface area contributed by atoms with E-state index in [2.05, 4.69) is 0 Å². The molecule has 1 aliphatic heterocycles. The molecule has 108 valence electrons. The van der Waals surface area contributed by atoms with Crippen molar-refractivity contribution >= 4 is 5.84 Å². The smallest absolute Gasteiger partial charge is 0.231 e. The highest BCUT2D eigenvalue weighted by molar-refractivity contribution is 5.98. The summed E-state index contributed by atoms with van der Waals surface area (Å²) in [6.07, 6.45) is 0. The fourth-order valence-corrected chi connectivity index (χ4v) is 2.24. The third kappa shape index (κ3) is 2.63. The first kappa shape index (κ1) is 13.3. The number of para-hydroxylation sites is 1.